The lowest BCUT2D eigenvalue weighted by Crippen LogP contribution is -2.38. The Bertz CT molecular complexity index is 1770. The van der Waals surface area contributed by atoms with Crippen LogP contribution < -0.4 is 5.73 Å². The van der Waals surface area contributed by atoms with Crippen LogP contribution in [0.5, 0.6) is 0 Å². The van der Waals surface area contributed by atoms with E-state index in [-0.39, 0.29) is 11.4 Å². The van der Waals surface area contributed by atoms with E-state index in [0.717, 1.165) is 28.3 Å². The van der Waals surface area contributed by atoms with Gasteiger partial charge in [-0.15, -0.1) is 0 Å². The molecule has 0 aliphatic rings. The van der Waals surface area contributed by atoms with Crippen molar-refractivity contribution in [3.05, 3.63) is 173 Å². The van der Waals surface area contributed by atoms with E-state index in [1.54, 1.807) is 29.0 Å². The summed E-state index contributed by atoms with van der Waals surface area (Å²) in [5.41, 5.74) is 8.98. The standard InChI is InChI=1S/C35H25F2N3O/c36-28-19-16-24(17-20-28)18-21-31-33-30(34(38)41)22-29(37)23-32(33)40(39-31)35(25-10-4-1-5-11-25,26-12-6-2-7-13-26)27-14-8-3-9-15-27/h1-23H,(H2,38,41)/b21-18+. The molecule has 6 rings (SSSR count). The Labute approximate surface area is 236 Å². The van der Waals surface area contributed by atoms with Gasteiger partial charge in [-0.1, -0.05) is 109 Å². The van der Waals surface area contributed by atoms with Gasteiger partial charge in [0.15, 0.2) is 0 Å². The maximum Gasteiger partial charge on any atom is 0.249 e. The average Bonchev–Trinajstić information content (AvgIpc) is 3.36. The van der Waals surface area contributed by atoms with E-state index in [1.807, 2.05) is 91.0 Å². The largest absolute Gasteiger partial charge is 0.366 e. The van der Waals surface area contributed by atoms with E-state index < -0.39 is 17.3 Å². The first-order valence-electron chi connectivity index (χ1n) is 13.1. The first kappa shape index (κ1) is 25.9. The molecule has 0 fully saturated rings. The van der Waals surface area contributed by atoms with Crippen LogP contribution in [0.2, 0.25) is 0 Å². The summed E-state index contributed by atoms with van der Waals surface area (Å²) in [5.74, 6) is -1.72. The molecular weight excluding hydrogens is 516 g/mol. The van der Waals surface area contributed by atoms with Gasteiger partial charge < -0.3 is 5.73 Å². The summed E-state index contributed by atoms with van der Waals surface area (Å²) in [6.45, 7) is 0. The molecular formula is C35H25F2N3O. The first-order valence-corrected chi connectivity index (χ1v) is 13.1. The predicted molar refractivity (Wildman–Crippen MR) is 158 cm³/mol. The van der Waals surface area contributed by atoms with Gasteiger partial charge in [0.05, 0.1) is 16.8 Å². The quantitative estimate of drug-likeness (QED) is 0.214. The Kier molecular flexibility index (Phi) is 6.73. The number of carbonyl (C=O) groups excluding carboxylic acids is 1. The molecule has 6 heteroatoms. The van der Waals surface area contributed by atoms with Gasteiger partial charge in [0.25, 0.3) is 0 Å². The smallest absolute Gasteiger partial charge is 0.249 e. The van der Waals surface area contributed by atoms with E-state index in [9.17, 15) is 9.18 Å². The molecule has 4 nitrogen and oxygen atoms in total. The zero-order valence-corrected chi connectivity index (χ0v) is 21.9. The molecule has 5 aromatic carbocycles. The maximum atomic E-state index is 15.2. The molecule has 0 spiro atoms. The second kappa shape index (κ2) is 10.7. The van der Waals surface area contributed by atoms with Gasteiger partial charge in [-0.2, -0.15) is 5.10 Å². The second-order valence-electron chi connectivity index (χ2n) is 9.70. The lowest BCUT2D eigenvalue weighted by Gasteiger charge is -2.37. The lowest BCUT2D eigenvalue weighted by molar-refractivity contribution is 0.100. The molecule has 200 valence electrons. The van der Waals surface area contributed by atoms with Crippen LogP contribution in [-0.2, 0) is 5.54 Å². The highest BCUT2D eigenvalue weighted by Crippen LogP contribution is 2.43. The summed E-state index contributed by atoms with van der Waals surface area (Å²) in [6, 6.07) is 38.1. The number of fused-ring (bicyclic) bond motifs is 1. The summed E-state index contributed by atoms with van der Waals surface area (Å²) < 4.78 is 30.5. The topological polar surface area (TPSA) is 60.9 Å². The molecule has 0 aliphatic heterocycles. The number of nitrogens with zero attached hydrogens (tertiary/aromatic N) is 2. The van der Waals surface area contributed by atoms with Crippen LogP contribution in [0.15, 0.2) is 127 Å². The van der Waals surface area contributed by atoms with Crippen LogP contribution >= 0.6 is 0 Å². The summed E-state index contributed by atoms with van der Waals surface area (Å²) in [6.07, 6.45) is 3.51. The highest BCUT2D eigenvalue weighted by Gasteiger charge is 2.41. The van der Waals surface area contributed by atoms with Gasteiger partial charge >= 0.3 is 0 Å². The number of hydrogen-bond donors (Lipinski definition) is 1. The summed E-state index contributed by atoms with van der Waals surface area (Å²) in [4.78, 5) is 12.7. The number of nitrogens with two attached hydrogens (primary N) is 1. The predicted octanol–water partition coefficient (Wildman–Crippen LogP) is 7.42. The van der Waals surface area contributed by atoms with E-state index in [0.29, 0.717) is 16.6 Å². The Hall–Kier alpha value is -5.36. The number of hydrogen-bond acceptors (Lipinski definition) is 2. The number of primary amides is 1. The van der Waals surface area contributed by atoms with E-state index >= 15 is 4.39 Å². The van der Waals surface area contributed by atoms with E-state index in [1.165, 1.54) is 18.2 Å². The Morgan fingerprint density at radius 2 is 1.20 bits per heavy atom. The third-order valence-corrected chi connectivity index (χ3v) is 7.24. The molecule has 0 aliphatic carbocycles. The molecule has 6 aromatic rings. The molecule has 1 amide bonds. The number of aromatic nitrogens is 2. The third kappa shape index (κ3) is 4.59. The van der Waals surface area contributed by atoms with Crippen molar-refractivity contribution >= 4 is 29.0 Å². The molecule has 1 aromatic heterocycles. The highest BCUT2D eigenvalue weighted by atomic mass is 19.1. The Balaban J connectivity index is 1.76. The van der Waals surface area contributed by atoms with Gasteiger partial charge in [-0.05, 0) is 52.6 Å². The van der Waals surface area contributed by atoms with Crippen LogP contribution in [0, 0.1) is 11.6 Å². The van der Waals surface area contributed by atoms with Crippen molar-refractivity contribution in [2.24, 2.45) is 5.73 Å². The fraction of sp³-hybridized carbons (Fsp3) is 0.0286. The van der Waals surface area contributed by atoms with Gasteiger partial charge in [-0.3, -0.25) is 4.79 Å². The van der Waals surface area contributed by atoms with Gasteiger partial charge in [0, 0.05) is 5.39 Å². The molecule has 0 atom stereocenters. The number of halogens is 2. The van der Waals surface area contributed by atoms with Gasteiger partial charge in [0.2, 0.25) is 5.91 Å². The molecule has 2 N–H and O–H groups in total. The zero-order valence-electron chi connectivity index (χ0n) is 21.9. The molecule has 1 heterocycles. The lowest BCUT2D eigenvalue weighted by atomic mass is 9.77. The van der Waals surface area contributed by atoms with Crippen LogP contribution in [-0.4, -0.2) is 15.7 Å². The second-order valence-corrected chi connectivity index (χ2v) is 9.70. The number of rotatable bonds is 7. The number of carbonyl (C=O) groups is 1. The van der Waals surface area contributed by atoms with Crippen LogP contribution in [0.25, 0.3) is 23.1 Å². The van der Waals surface area contributed by atoms with Crippen LogP contribution in [0.4, 0.5) is 8.78 Å². The summed E-state index contributed by atoms with van der Waals surface area (Å²) >= 11 is 0. The van der Waals surface area contributed by atoms with E-state index in [4.69, 9.17) is 10.8 Å². The third-order valence-electron chi connectivity index (χ3n) is 7.24. The Morgan fingerprint density at radius 1 is 0.683 bits per heavy atom. The summed E-state index contributed by atoms with van der Waals surface area (Å²) in [7, 11) is 0. The van der Waals surface area contributed by atoms with Crippen molar-refractivity contribution in [2.45, 2.75) is 5.54 Å². The first-order chi connectivity index (χ1) is 20.0. The maximum absolute atomic E-state index is 15.2. The average molecular weight is 542 g/mol. The minimum atomic E-state index is -1.05. The van der Waals surface area contributed by atoms with Gasteiger partial charge in [-0.25, -0.2) is 13.5 Å². The van der Waals surface area contributed by atoms with Crippen molar-refractivity contribution in [3.8, 4) is 0 Å². The minimum absolute atomic E-state index is 0.0214. The zero-order chi connectivity index (χ0) is 28.4. The molecule has 0 saturated carbocycles. The molecule has 0 bridgehead atoms. The monoisotopic (exact) mass is 541 g/mol. The normalized spacial score (nSPS) is 11.8. The fourth-order valence-electron chi connectivity index (χ4n) is 5.46. The molecule has 0 unspecified atom stereocenters. The Morgan fingerprint density at radius 3 is 1.68 bits per heavy atom. The SMILES string of the molecule is NC(=O)c1cc(F)cc2c1c(/C=C/c1ccc(F)cc1)nn2C(c1ccccc1)(c1ccccc1)c1ccccc1. The van der Waals surface area contributed by atoms with Crippen molar-refractivity contribution in [2.75, 3.05) is 0 Å². The van der Waals surface area contributed by atoms with Crippen LogP contribution in [0.3, 0.4) is 0 Å². The molecule has 0 radical (unpaired) electrons. The van der Waals surface area contributed by atoms with Crippen molar-refractivity contribution in [1.82, 2.24) is 9.78 Å². The molecule has 41 heavy (non-hydrogen) atoms. The van der Waals surface area contributed by atoms with Crippen LogP contribution in [0.1, 0.15) is 38.3 Å². The minimum Gasteiger partial charge on any atom is -0.366 e. The molecule has 0 saturated heterocycles. The fourth-order valence-corrected chi connectivity index (χ4v) is 5.46. The number of benzene rings is 5. The van der Waals surface area contributed by atoms with Crippen molar-refractivity contribution in [3.63, 3.8) is 0 Å². The highest BCUT2D eigenvalue weighted by molar-refractivity contribution is 6.08. The van der Waals surface area contributed by atoms with Gasteiger partial charge in [0.1, 0.15) is 17.2 Å². The summed E-state index contributed by atoms with van der Waals surface area (Å²) in [5, 5.41) is 5.51. The van der Waals surface area contributed by atoms with Crippen molar-refractivity contribution in [1.29, 1.82) is 0 Å². The number of amides is 1. The van der Waals surface area contributed by atoms with Crippen molar-refractivity contribution < 1.29 is 13.6 Å². The van der Waals surface area contributed by atoms with E-state index in [2.05, 4.69) is 0 Å².